The SMILES string of the molecule is Cn1c(-c2ccc(F)c(Cl)c2)c(C=C2Oc3cc(O)cc(O)c3C2=O)c2ccccc21. The maximum absolute atomic E-state index is 13.8. The number of carbonyl (C=O) groups is 1. The van der Waals surface area contributed by atoms with Crippen LogP contribution in [-0.4, -0.2) is 20.6 Å². The van der Waals surface area contributed by atoms with E-state index in [1.807, 2.05) is 35.9 Å². The monoisotopic (exact) mass is 435 g/mol. The third-order valence-corrected chi connectivity index (χ3v) is 5.64. The predicted molar refractivity (Wildman–Crippen MR) is 116 cm³/mol. The highest BCUT2D eigenvalue weighted by atomic mass is 35.5. The van der Waals surface area contributed by atoms with Gasteiger partial charge in [0.05, 0.1) is 10.7 Å². The highest BCUT2D eigenvalue weighted by molar-refractivity contribution is 6.31. The van der Waals surface area contributed by atoms with Gasteiger partial charge in [-0.1, -0.05) is 29.8 Å². The smallest absolute Gasteiger partial charge is 0.235 e. The van der Waals surface area contributed by atoms with Gasteiger partial charge in [0.15, 0.2) is 5.76 Å². The quantitative estimate of drug-likeness (QED) is 0.398. The minimum atomic E-state index is -0.524. The van der Waals surface area contributed by atoms with Crippen molar-refractivity contribution in [1.82, 2.24) is 4.57 Å². The number of carbonyl (C=O) groups excluding carboxylic acids is 1. The molecule has 3 aromatic carbocycles. The first kappa shape index (κ1) is 19.2. The third-order valence-electron chi connectivity index (χ3n) is 5.35. The fourth-order valence-electron chi connectivity index (χ4n) is 3.97. The molecule has 0 saturated heterocycles. The van der Waals surface area contributed by atoms with Crippen molar-refractivity contribution in [1.29, 1.82) is 0 Å². The van der Waals surface area contributed by atoms with Crippen molar-refractivity contribution >= 4 is 34.4 Å². The van der Waals surface area contributed by atoms with E-state index in [4.69, 9.17) is 16.3 Å². The lowest BCUT2D eigenvalue weighted by molar-refractivity contribution is 0.101. The van der Waals surface area contributed by atoms with Crippen LogP contribution in [0.1, 0.15) is 15.9 Å². The molecule has 0 bridgehead atoms. The minimum absolute atomic E-state index is 0.00158. The van der Waals surface area contributed by atoms with Crippen molar-refractivity contribution in [3.8, 4) is 28.5 Å². The average molecular weight is 436 g/mol. The molecule has 0 atom stereocenters. The van der Waals surface area contributed by atoms with E-state index < -0.39 is 11.6 Å². The largest absolute Gasteiger partial charge is 0.508 e. The summed E-state index contributed by atoms with van der Waals surface area (Å²) < 4.78 is 21.4. The number of nitrogens with zero attached hydrogens (tertiary/aromatic N) is 1. The highest BCUT2D eigenvalue weighted by Gasteiger charge is 2.32. The number of hydrogen-bond donors (Lipinski definition) is 2. The van der Waals surface area contributed by atoms with Gasteiger partial charge < -0.3 is 19.5 Å². The summed E-state index contributed by atoms with van der Waals surface area (Å²) in [6.45, 7) is 0. The fourth-order valence-corrected chi connectivity index (χ4v) is 4.15. The second-order valence-electron chi connectivity index (χ2n) is 7.25. The van der Waals surface area contributed by atoms with Crippen molar-refractivity contribution in [2.45, 2.75) is 0 Å². The van der Waals surface area contributed by atoms with Crippen LogP contribution < -0.4 is 4.74 Å². The summed E-state index contributed by atoms with van der Waals surface area (Å²) in [5, 5.41) is 20.6. The van der Waals surface area contributed by atoms with Crippen LogP contribution >= 0.6 is 11.6 Å². The molecule has 4 aromatic rings. The maximum Gasteiger partial charge on any atom is 0.235 e. The Morgan fingerprint density at radius 1 is 1.10 bits per heavy atom. The van der Waals surface area contributed by atoms with Gasteiger partial charge in [-0.05, 0) is 30.3 Å². The maximum atomic E-state index is 13.8. The Morgan fingerprint density at radius 2 is 1.87 bits per heavy atom. The van der Waals surface area contributed by atoms with Crippen molar-refractivity contribution in [3.05, 3.63) is 82.3 Å². The highest BCUT2D eigenvalue weighted by Crippen LogP contribution is 2.42. The number of allylic oxidation sites excluding steroid dienone is 1. The van der Waals surface area contributed by atoms with Crippen LogP contribution in [0.25, 0.3) is 28.2 Å². The van der Waals surface area contributed by atoms with E-state index in [0.29, 0.717) is 11.1 Å². The molecule has 1 aliphatic rings. The fraction of sp³-hybridized carbons (Fsp3) is 0.0417. The van der Waals surface area contributed by atoms with Gasteiger partial charge in [-0.25, -0.2) is 4.39 Å². The van der Waals surface area contributed by atoms with Gasteiger partial charge in [0.1, 0.15) is 28.6 Å². The number of phenolic OH excluding ortho intramolecular Hbond substituents is 2. The number of aromatic nitrogens is 1. The second-order valence-corrected chi connectivity index (χ2v) is 7.65. The lowest BCUT2D eigenvalue weighted by Gasteiger charge is -2.08. The number of ketones is 1. The Kier molecular flexibility index (Phi) is 4.27. The zero-order chi connectivity index (χ0) is 21.9. The van der Waals surface area contributed by atoms with Gasteiger partial charge in [-0.15, -0.1) is 0 Å². The Balaban J connectivity index is 1.75. The molecule has 0 spiro atoms. The number of para-hydroxylation sites is 1. The molecule has 154 valence electrons. The molecule has 2 N–H and O–H groups in total. The van der Waals surface area contributed by atoms with Crippen molar-refractivity contribution in [3.63, 3.8) is 0 Å². The van der Waals surface area contributed by atoms with Crippen LogP contribution in [0.5, 0.6) is 17.2 Å². The molecule has 7 heteroatoms. The molecule has 5 rings (SSSR count). The Bertz CT molecular complexity index is 1440. The summed E-state index contributed by atoms with van der Waals surface area (Å²) in [6.07, 6.45) is 1.59. The molecular weight excluding hydrogens is 421 g/mol. The minimum Gasteiger partial charge on any atom is -0.508 e. The van der Waals surface area contributed by atoms with Gasteiger partial charge in [-0.3, -0.25) is 4.79 Å². The molecule has 1 aromatic heterocycles. The van der Waals surface area contributed by atoms with Gasteiger partial charge in [0, 0.05) is 41.2 Å². The molecular formula is C24H15ClFNO4. The molecule has 0 fully saturated rings. The third kappa shape index (κ3) is 2.95. The second kappa shape index (κ2) is 6.89. The summed E-state index contributed by atoms with van der Waals surface area (Å²) in [5.41, 5.74) is 2.96. The van der Waals surface area contributed by atoms with E-state index in [1.165, 1.54) is 18.2 Å². The van der Waals surface area contributed by atoms with E-state index in [-0.39, 0.29) is 33.6 Å². The number of halogens is 2. The van der Waals surface area contributed by atoms with Crippen LogP contribution in [0.2, 0.25) is 5.02 Å². The number of aromatic hydroxyl groups is 2. The van der Waals surface area contributed by atoms with Crippen molar-refractivity contribution in [2.75, 3.05) is 0 Å². The first-order valence-electron chi connectivity index (χ1n) is 9.38. The lowest BCUT2D eigenvalue weighted by atomic mass is 10.0. The molecule has 0 aliphatic carbocycles. The molecule has 0 unspecified atom stereocenters. The molecule has 31 heavy (non-hydrogen) atoms. The van der Waals surface area contributed by atoms with Gasteiger partial charge in [0.25, 0.3) is 0 Å². The number of aryl methyl sites for hydroxylation is 1. The molecule has 2 heterocycles. The summed E-state index contributed by atoms with van der Waals surface area (Å²) in [6, 6.07) is 14.4. The average Bonchev–Trinajstić information content (AvgIpc) is 3.19. The van der Waals surface area contributed by atoms with E-state index in [9.17, 15) is 19.4 Å². The van der Waals surface area contributed by atoms with Gasteiger partial charge >= 0.3 is 0 Å². The summed E-state index contributed by atoms with van der Waals surface area (Å²) in [4.78, 5) is 12.9. The number of rotatable bonds is 2. The normalized spacial score (nSPS) is 14.3. The topological polar surface area (TPSA) is 71.7 Å². The van der Waals surface area contributed by atoms with E-state index >= 15 is 0 Å². The zero-order valence-corrected chi connectivity index (χ0v) is 16.9. The zero-order valence-electron chi connectivity index (χ0n) is 16.2. The molecule has 0 amide bonds. The standard InChI is InChI=1S/C24H15ClFNO4/c1-27-18-5-3-2-4-14(18)15(23(27)12-6-7-17(26)16(25)8-12)11-21-24(30)22-19(29)9-13(28)10-20(22)31-21/h2-11,28-29H,1H3. The first-order chi connectivity index (χ1) is 14.8. The van der Waals surface area contributed by atoms with Crippen LogP contribution in [-0.2, 0) is 7.05 Å². The Morgan fingerprint density at radius 3 is 2.65 bits per heavy atom. The Hall–Kier alpha value is -3.77. The number of hydrogen-bond acceptors (Lipinski definition) is 4. The molecule has 1 aliphatic heterocycles. The Labute approximate surface area is 181 Å². The summed E-state index contributed by atoms with van der Waals surface area (Å²) in [5.74, 6) is -1.50. The van der Waals surface area contributed by atoms with Crippen LogP contribution in [0.15, 0.2) is 60.4 Å². The van der Waals surface area contributed by atoms with Crippen LogP contribution in [0.4, 0.5) is 4.39 Å². The number of benzene rings is 3. The number of fused-ring (bicyclic) bond motifs is 2. The molecule has 0 radical (unpaired) electrons. The van der Waals surface area contributed by atoms with Gasteiger partial charge in [0.2, 0.25) is 5.78 Å². The predicted octanol–water partition coefficient (Wildman–Crippen LogP) is 5.67. The number of phenols is 2. The van der Waals surface area contributed by atoms with Crippen molar-refractivity contribution < 1.29 is 24.1 Å². The lowest BCUT2D eigenvalue weighted by Crippen LogP contribution is -1.99. The van der Waals surface area contributed by atoms with E-state index in [1.54, 1.807) is 12.1 Å². The summed E-state index contributed by atoms with van der Waals surface area (Å²) >= 11 is 6.02. The van der Waals surface area contributed by atoms with Gasteiger partial charge in [-0.2, -0.15) is 0 Å². The van der Waals surface area contributed by atoms with Crippen LogP contribution in [0, 0.1) is 5.82 Å². The summed E-state index contributed by atoms with van der Waals surface area (Å²) in [7, 11) is 1.87. The molecule has 5 nitrogen and oxygen atoms in total. The molecule has 0 saturated carbocycles. The van der Waals surface area contributed by atoms with Crippen molar-refractivity contribution in [2.24, 2.45) is 7.05 Å². The number of Topliss-reactive ketones (excluding diaryl/α,β-unsaturated/α-hetero) is 1. The van der Waals surface area contributed by atoms with E-state index in [0.717, 1.165) is 22.7 Å². The van der Waals surface area contributed by atoms with E-state index in [2.05, 4.69) is 0 Å². The number of ether oxygens (including phenoxy) is 1. The first-order valence-corrected chi connectivity index (χ1v) is 9.76. The van der Waals surface area contributed by atoms with Crippen LogP contribution in [0.3, 0.4) is 0 Å².